The molecule has 2 heterocycles. The van der Waals surface area contributed by atoms with Crippen LogP contribution in [0, 0.1) is 0 Å². The number of H-pyrrole nitrogens is 1. The average Bonchev–Trinajstić information content (AvgIpc) is 3.16. The zero-order valence-electron chi connectivity index (χ0n) is 14.9. The molecule has 0 spiro atoms. The van der Waals surface area contributed by atoms with E-state index in [0.717, 1.165) is 22.6 Å². The number of amides is 2. The van der Waals surface area contributed by atoms with E-state index >= 15 is 0 Å². The molecule has 1 aromatic carbocycles. The van der Waals surface area contributed by atoms with Gasteiger partial charge in [-0.05, 0) is 29.8 Å². The van der Waals surface area contributed by atoms with Gasteiger partial charge >= 0.3 is 6.03 Å². The molecule has 3 aromatic rings. The highest BCUT2D eigenvalue weighted by Crippen LogP contribution is 2.18. The molecule has 2 amide bonds. The summed E-state index contributed by atoms with van der Waals surface area (Å²) in [4.78, 5) is 16.1. The lowest BCUT2D eigenvalue weighted by molar-refractivity contribution is 0.146. The molecule has 0 aliphatic rings. The van der Waals surface area contributed by atoms with E-state index in [9.17, 15) is 4.79 Å². The van der Waals surface area contributed by atoms with Crippen LogP contribution in [0.3, 0.4) is 0 Å². The molecule has 0 saturated heterocycles. The predicted molar refractivity (Wildman–Crippen MR) is 101 cm³/mol. The lowest BCUT2D eigenvalue weighted by Gasteiger charge is -2.09. The highest BCUT2D eigenvalue weighted by Gasteiger charge is 2.07. The Morgan fingerprint density at radius 2 is 2.00 bits per heavy atom. The van der Waals surface area contributed by atoms with Gasteiger partial charge in [0.2, 0.25) is 0 Å². The quantitative estimate of drug-likeness (QED) is 0.532. The van der Waals surface area contributed by atoms with Crippen molar-refractivity contribution in [3.05, 3.63) is 60.4 Å². The van der Waals surface area contributed by atoms with Crippen LogP contribution in [0.4, 0.5) is 10.6 Å². The molecule has 0 aliphatic carbocycles. The number of nitrogens with zero attached hydrogens (tertiary/aromatic N) is 2. The number of pyridine rings is 1. The summed E-state index contributed by atoms with van der Waals surface area (Å²) in [7, 11) is 1.63. The fourth-order valence-electron chi connectivity index (χ4n) is 2.40. The van der Waals surface area contributed by atoms with Gasteiger partial charge in [-0.15, -0.1) is 0 Å². The molecule has 2 aromatic heterocycles. The van der Waals surface area contributed by atoms with Gasteiger partial charge < -0.3 is 14.8 Å². The molecule has 8 heteroatoms. The molecule has 8 nitrogen and oxygen atoms in total. The van der Waals surface area contributed by atoms with Crippen LogP contribution in [0.15, 0.2) is 54.9 Å². The van der Waals surface area contributed by atoms with Gasteiger partial charge in [0.15, 0.2) is 5.82 Å². The number of nitrogens with one attached hydrogen (secondary N) is 3. The zero-order valence-corrected chi connectivity index (χ0v) is 14.9. The van der Waals surface area contributed by atoms with Crippen LogP contribution < -0.4 is 15.4 Å². The summed E-state index contributed by atoms with van der Waals surface area (Å²) in [5.41, 5.74) is 2.67. The van der Waals surface area contributed by atoms with Gasteiger partial charge in [0, 0.05) is 37.7 Å². The molecule has 0 atom stereocenters. The number of rotatable bonds is 8. The number of carbonyl (C=O) groups excluding carboxylic acids is 1. The molecule has 0 fully saturated rings. The number of urea groups is 1. The van der Waals surface area contributed by atoms with Crippen LogP contribution in [0.25, 0.3) is 11.3 Å². The summed E-state index contributed by atoms with van der Waals surface area (Å²) in [5, 5.41) is 12.5. The number of carbonyl (C=O) groups is 1. The third kappa shape index (κ3) is 5.55. The van der Waals surface area contributed by atoms with Crippen molar-refractivity contribution >= 4 is 11.8 Å². The SMILES string of the molecule is COCCOc1cccc(CNC(=O)Nc2cc(-c3ccncc3)[nH]n2)c1. The van der Waals surface area contributed by atoms with Crippen molar-refractivity contribution in [3.63, 3.8) is 0 Å². The van der Waals surface area contributed by atoms with Gasteiger partial charge in [0.05, 0.1) is 12.3 Å². The number of benzene rings is 1. The normalized spacial score (nSPS) is 10.4. The van der Waals surface area contributed by atoms with E-state index < -0.39 is 0 Å². The molecule has 0 bridgehead atoms. The minimum Gasteiger partial charge on any atom is -0.491 e. The number of aromatic amines is 1. The molecule has 0 radical (unpaired) electrons. The number of hydrogen-bond donors (Lipinski definition) is 3. The van der Waals surface area contributed by atoms with E-state index in [1.807, 2.05) is 36.4 Å². The number of aromatic nitrogens is 3. The predicted octanol–water partition coefficient (Wildman–Crippen LogP) is 2.82. The summed E-state index contributed by atoms with van der Waals surface area (Å²) in [6.07, 6.45) is 3.40. The van der Waals surface area contributed by atoms with Crippen LogP contribution in [0.5, 0.6) is 5.75 Å². The van der Waals surface area contributed by atoms with Crippen LogP contribution in [-0.4, -0.2) is 41.5 Å². The number of hydrogen-bond acceptors (Lipinski definition) is 5. The van der Waals surface area contributed by atoms with E-state index in [-0.39, 0.29) is 6.03 Å². The molecule has 0 saturated carbocycles. The number of ether oxygens (including phenoxy) is 2. The van der Waals surface area contributed by atoms with Crippen LogP contribution in [0.1, 0.15) is 5.56 Å². The first-order chi connectivity index (χ1) is 13.2. The van der Waals surface area contributed by atoms with Crippen molar-refractivity contribution in [2.75, 3.05) is 25.6 Å². The smallest absolute Gasteiger partial charge is 0.320 e. The molecule has 0 aliphatic heterocycles. The summed E-state index contributed by atoms with van der Waals surface area (Å²) < 4.78 is 10.5. The monoisotopic (exact) mass is 367 g/mol. The highest BCUT2D eigenvalue weighted by molar-refractivity contribution is 5.88. The first kappa shape index (κ1) is 18.4. The second kappa shape index (κ2) is 9.35. The standard InChI is InChI=1S/C19H21N5O3/c1-26-9-10-27-16-4-2-3-14(11-16)13-21-19(25)22-18-12-17(23-24-18)15-5-7-20-8-6-15/h2-8,11-12H,9-10,13H2,1H3,(H3,21,22,23,24,25). The van der Waals surface area contributed by atoms with Gasteiger partial charge in [-0.1, -0.05) is 12.1 Å². The molecular formula is C19H21N5O3. The largest absolute Gasteiger partial charge is 0.491 e. The van der Waals surface area contributed by atoms with Gasteiger partial charge in [-0.25, -0.2) is 4.79 Å². The molecule has 140 valence electrons. The van der Waals surface area contributed by atoms with Crippen LogP contribution in [0.2, 0.25) is 0 Å². The van der Waals surface area contributed by atoms with Gasteiger partial charge in [0.1, 0.15) is 12.4 Å². The van der Waals surface area contributed by atoms with Crippen molar-refractivity contribution in [3.8, 4) is 17.0 Å². The fraction of sp³-hybridized carbons (Fsp3) is 0.211. The molecule has 3 N–H and O–H groups in total. The second-order valence-corrected chi connectivity index (χ2v) is 5.70. The van der Waals surface area contributed by atoms with Crippen molar-refractivity contribution in [2.45, 2.75) is 6.54 Å². The Hall–Kier alpha value is -3.39. The molecule has 27 heavy (non-hydrogen) atoms. The topological polar surface area (TPSA) is 101 Å². The van der Waals surface area contributed by atoms with E-state index in [1.54, 1.807) is 25.6 Å². The fourth-order valence-corrected chi connectivity index (χ4v) is 2.40. The first-order valence-corrected chi connectivity index (χ1v) is 8.46. The molecule has 3 rings (SSSR count). The third-order valence-corrected chi connectivity index (χ3v) is 3.72. The van der Waals surface area contributed by atoms with Crippen molar-refractivity contribution < 1.29 is 14.3 Å². The third-order valence-electron chi connectivity index (χ3n) is 3.72. The van der Waals surface area contributed by atoms with E-state index in [0.29, 0.717) is 25.6 Å². The Labute approximate surface area is 156 Å². The van der Waals surface area contributed by atoms with E-state index in [2.05, 4.69) is 25.8 Å². The van der Waals surface area contributed by atoms with Crippen LogP contribution in [-0.2, 0) is 11.3 Å². The Kier molecular flexibility index (Phi) is 6.37. The second-order valence-electron chi connectivity index (χ2n) is 5.70. The van der Waals surface area contributed by atoms with Gasteiger partial charge in [-0.2, -0.15) is 5.10 Å². The van der Waals surface area contributed by atoms with Crippen molar-refractivity contribution in [1.29, 1.82) is 0 Å². The Morgan fingerprint density at radius 3 is 2.81 bits per heavy atom. The van der Waals surface area contributed by atoms with Gasteiger partial charge in [0.25, 0.3) is 0 Å². The molecule has 0 unspecified atom stereocenters. The van der Waals surface area contributed by atoms with E-state index in [4.69, 9.17) is 9.47 Å². The minimum absolute atomic E-state index is 0.339. The van der Waals surface area contributed by atoms with E-state index in [1.165, 1.54) is 0 Å². The first-order valence-electron chi connectivity index (χ1n) is 8.46. The molecular weight excluding hydrogens is 346 g/mol. The minimum atomic E-state index is -0.339. The zero-order chi connectivity index (χ0) is 18.9. The average molecular weight is 367 g/mol. The Morgan fingerprint density at radius 1 is 1.15 bits per heavy atom. The van der Waals surface area contributed by atoms with Crippen molar-refractivity contribution in [2.24, 2.45) is 0 Å². The maximum atomic E-state index is 12.1. The summed E-state index contributed by atoms with van der Waals surface area (Å²) in [5.74, 6) is 1.18. The Bertz CT molecular complexity index is 867. The lowest BCUT2D eigenvalue weighted by Crippen LogP contribution is -2.28. The lowest BCUT2D eigenvalue weighted by atomic mass is 10.2. The summed E-state index contributed by atoms with van der Waals surface area (Å²) >= 11 is 0. The maximum Gasteiger partial charge on any atom is 0.320 e. The summed E-state index contributed by atoms with van der Waals surface area (Å²) in [6, 6.07) is 12.7. The van der Waals surface area contributed by atoms with Crippen molar-refractivity contribution in [1.82, 2.24) is 20.5 Å². The van der Waals surface area contributed by atoms with Crippen LogP contribution >= 0.6 is 0 Å². The number of anilines is 1. The van der Waals surface area contributed by atoms with Gasteiger partial charge in [-0.3, -0.25) is 15.4 Å². The highest BCUT2D eigenvalue weighted by atomic mass is 16.5. The number of methoxy groups -OCH3 is 1. The maximum absolute atomic E-state index is 12.1. The Balaban J connectivity index is 1.50. The summed E-state index contributed by atoms with van der Waals surface area (Å²) in [6.45, 7) is 1.37.